The van der Waals surface area contributed by atoms with Crippen LogP contribution in [0.15, 0.2) is 0 Å². The second kappa shape index (κ2) is 6.76. The minimum absolute atomic E-state index is 0.0114. The minimum Gasteiger partial charge on any atom is -0.354 e. The van der Waals surface area contributed by atoms with Crippen LogP contribution in [0.3, 0.4) is 0 Å². The van der Waals surface area contributed by atoms with Crippen LogP contribution in [0, 0.1) is 0 Å². The predicted molar refractivity (Wildman–Crippen MR) is 58.5 cm³/mol. The first-order valence-electron chi connectivity index (χ1n) is 4.90. The first-order valence-corrected chi connectivity index (χ1v) is 6.62. The van der Waals surface area contributed by atoms with Crippen molar-refractivity contribution in [3.8, 4) is 0 Å². The predicted octanol–water partition coefficient (Wildman–Crippen LogP) is -1.09. The number of hydrogen-bond acceptors (Lipinski definition) is 4. The second-order valence-electron chi connectivity index (χ2n) is 3.41. The first-order chi connectivity index (χ1) is 6.87. The van der Waals surface area contributed by atoms with Crippen molar-refractivity contribution in [3.63, 3.8) is 0 Å². The normalized spacial score (nSPS) is 13.5. The third-order valence-electron chi connectivity index (χ3n) is 1.89. The van der Waals surface area contributed by atoms with Crippen molar-refractivity contribution < 1.29 is 13.2 Å². The summed E-state index contributed by atoms with van der Waals surface area (Å²) in [6, 6.07) is -0.564. The van der Waals surface area contributed by atoms with Gasteiger partial charge in [-0.3, -0.25) is 4.79 Å². The Morgan fingerprint density at radius 3 is 2.53 bits per heavy atom. The van der Waals surface area contributed by atoms with E-state index in [0.29, 0.717) is 6.42 Å². The van der Waals surface area contributed by atoms with Crippen molar-refractivity contribution in [3.05, 3.63) is 0 Å². The molecule has 90 valence electrons. The summed E-state index contributed by atoms with van der Waals surface area (Å²) >= 11 is 0. The topological polar surface area (TPSA) is 115 Å². The van der Waals surface area contributed by atoms with E-state index in [1.807, 2.05) is 6.92 Å². The lowest BCUT2D eigenvalue weighted by molar-refractivity contribution is -0.122. The molecule has 0 aliphatic rings. The van der Waals surface area contributed by atoms with Crippen LogP contribution < -0.4 is 16.2 Å². The molecule has 6 nitrogen and oxygen atoms in total. The van der Waals surface area contributed by atoms with Crippen LogP contribution in [0.5, 0.6) is 0 Å². The fraction of sp³-hybridized carbons (Fsp3) is 0.875. The standard InChI is InChI=1S/C8H19N3O3S/c1-2-3-4-7(9)8(12)11-5-6-15(10,13)14/h7H,2-6,9H2,1H3,(H,11,12)(H2,10,13,14)/t7-/m0/s1. The van der Waals surface area contributed by atoms with Crippen LogP contribution in [-0.2, 0) is 14.8 Å². The van der Waals surface area contributed by atoms with Crippen molar-refractivity contribution in [2.24, 2.45) is 10.9 Å². The molecule has 0 aliphatic heterocycles. The number of nitrogens with one attached hydrogen (secondary N) is 1. The summed E-state index contributed by atoms with van der Waals surface area (Å²) in [7, 11) is -3.52. The number of hydrogen-bond donors (Lipinski definition) is 3. The number of carbonyl (C=O) groups excluding carboxylic acids is 1. The van der Waals surface area contributed by atoms with Crippen molar-refractivity contribution in [2.45, 2.75) is 32.2 Å². The molecule has 0 rings (SSSR count). The molecule has 0 aromatic heterocycles. The van der Waals surface area contributed by atoms with E-state index in [4.69, 9.17) is 10.9 Å². The first kappa shape index (κ1) is 14.3. The molecule has 0 heterocycles. The van der Waals surface area contributed by atoms with Crippen LogP contribution in [-0.4, -0.2) is 32.7 Å². The summed E-state index contributed by atoms with van der Waals surface area (Å²) in [4.78, 5) is 11.3. The molecule has 0 bridgehead atoms. The summed E-state index contributed by atoms with van der Waals surface area (Å²) in [5.74, 6) is -0.591. The molecule has 0 aliphatic carbocycles. The van der Waals surface area contributed by atoms with Crippen LogP contribution in [0.2, 0.25) is 0 Å². The molecule has 0 saturated heterocycles. The average molecular weight is 237 g/mol. The molecule has 0 unspecified atom stereocenters. The average Bonchev–Trinajstić information content (AvgIpc) is 2.11. The number of rotatable bonds is 7. The summed E-state index contributed by atoms with van der Waals surface area (Å²) in [6.07, 6.45) is 2.46. The van der Waals surface area contributed by atoms with Crippen LogP contribution >= 0.6 is 0 Å². The summed E-state index contributed by atoms with van der Waals surface area (Å²) < 4.78 is 21.1. The van der Waals surface area contributed by atoms with Gasteiger partial charge in [0.15, 0.2) is 0 Å². The summed E-state index contributed by atoms with van der Waals surface area (Å²) in [5, 5.41) is 7.19. The quantitative estimate of drug-likeness (QED) is 0.521. The molecular weight excluding hydrogens is 218 g/mol. The molecule has 0 fully saturated rings. The highest BCUT2D eigenvalue weighted by Crippen LogP contribution is 1.97. The zero-order valence-corrected chi connectivity index (χ0v) is 9.72. The Morgan fingerprint density at radius 2 is 2.07 bits per heavy atom. The monoisotopic (exact) mass is 237 g/mol. The maximum atomic E-state index is 11.3. The SMILES string of the molecule is CCCC[C@H](N)C(=O)NCCS(N)(=O)=O. The van der Waals surface area contributed by atoms with Crippen LogP contribution in [0.25, 0.3) is 0 Å². The molecule has 0 radical (unpaired) electrons. The fourth-order valence-electron chi connectivity index (χ4n) is 1.00. The number of carbonyl (C=O) groups is 1. The lowest BCUT2D eigenvalue weighted by atomic mass is 10.1. The van der Waals surface area contributed by atoms with E-state index in [0.717, 1.165) is 12.8 Å². The zero-order chi connectivity index (χ0) is 11.9. The smallest absolute Gasteiger partial charge is 0.236 e. The van der Waals surface area contributed by atoms with Crippen molar-refractivity contribution in [1.29, 1.82) is 0 Å². The number of primary sulfonamides is 1. The van der Waals surface area contributed by atoms with Crippen LogP contribution in [0.4, 0.5) is 0 Å². The Bertz CT molecular complexity index is 290. The van der Waals surface area contributed by atoms with Gasteiger partial charge in [0.05, 0.1) is 11.8 Å². The third kappa shape index (κ3) is 8.34. The highest BCUT2D eigenvalue weighted by atomic mass is 32.2. The highest BCUT2D eigenvalue weighted by Gasteiger charge is 2.12. The van der Waals surface area contributed by atoms with E-state index in [2.05, 4.69) is 5.32 Å². The second-order valence-corrected chi connectivity index (χ2v) is 5.14. The molecule has 7 heteroatoms. The number of amides is 1. The maximum Gasteiger partial charge on any atom is 0.236 e. The van der Waals surface area contributed by atoms with Crippen molar-refractivity contribution in [1.82, 2.24) is 5.32 Å². The lowest BCUT2D eigenvalue weighted by Gasteiger charge is -2.10. The zero-order valence-electron chi connectivity index (χ0n) is 8.90. The highest BCUT2D eigenvalue weighted by molar-refractivity contribution is 7.89. The van der Waals surface area contributed by atoms with Gasteiger partial charge in [-0.25, -0.2) is 13.6 Å². The maximum absolute atomic E-state index is 11.3. The van der Waals surface area contributed by atoms with E-state index in [-0.39, 0.29) is 18.2 Å². The Balaban J connectivity index is 3.74. The summed E-state index contributed by atoms with van der Waals surface area (Å²) in [5.41, 5.74) is 5.56. The van der Waals surface area contributed by atoms with Gasteiger partial charge in [0.2, 0.25) is 15.9 Å². The molecule has 5 N–H and O–H groups in total. The molecular formula is C8H19N3O3S. The summed E-state index contributed by atoms with van der Waals surface area (Å²) in [6.45, 7) is 2.02. The van der Waals surface area contributed by atoms with Gasteiger partial charge in [-0.2, -0.15) is 0 Å². The van der Waals surface area contributed by atoms with Crippen molar-refractivity contribution >= 4 is 15.9 Å². The molecule has 0 aromatic carbocycles. The Morgan fingerprint density at radius 1 is 1.47 bits per heavy atom. The largest absolute Gasteiger partial charge is 0.354 e. The van der Waals surface area contributed by atoms with Gasteiger partial charge >= 0.3 is 0 Å². The molecule has 1 amide bonds. The molecule has 0 aromatic rings. The number of unbranched alkanes of at least 4 members (excludes halogenated alkanes) is 1. The fourth-order valence-corrected chi connectivity index (χ4v) is 1.39. The van der Waals surface area contributed by atoms with Gasteiger partial charge in [0.25, 0.3) is 0 Å². The Hall–Kier alpha value is -0.660. The lowest BCUT2D eigenvalue weighted by Crippen LogP contribution is -2.42. The third-order valence-corrected chi connectivity index (χ3v) is 2.66. The van der Waals surface area contributed by atoms with Crippen LogP contribution in [0.1, 0.15) is 26.2 Å². The number of nitrogens with two attached hydrogens (primary N) is 2. The number of sulfonamides is 1. The van der Waals surface area contributed by atoms with Crippen molar-refractivity contribution in [2.75, 3.05) is 12.3 Å². The van der Waals surface area contributed by atoms with E-state index in [9.17, 15) is 13.2 Å². The van der Waals surface area contributed by atoms with Gasteiger partial charge in [-0.15, -0.1) is 0 Å². The van der Waals surface area contributed by atoms with Gasteiger partial charge < -0.3 is 11.1 Å². The Labute approximate surface area is 90.4 Å². The molecule has 15 heavy (non-hydrogen) atoms. The molecule has 0 saturated carbocycles. The van der Waals surface area contributed by atoms with Gasteiger partial charge in [0, 0.05) is 6.54 Å². The van der Waals surface area contributed by atoms with E-state index in [1.54, 1.807) is 0 Å². The van der Waals surface area contributed by atoms with E-state index < -0.39 is 16.1 Å². The van der Waals surface area contributed by atoms with E-state index in [1.165, 1.54) is 0 Å². The van der Waals surface area contributed by atoms with Gasteiger partial charge in [-0.05, 0) is 6.42 Å². The molecule has 0 spiro atoms. The Kier molecular flexibility index (Phi) is 6.46. The van der Waals surface area contributed by atoms with Gasteiger partial charge in [-0.1, -0.05) is 19.8 Å². The minimum atomic E-state index is -3.52. The van der Waals surface area contributed by atoms with Gasteiger partial charge in [0.1, 0.15) is 0 Å². The van der Waals surface area contributed by atoms with E-state index >= 15 is 0 Å². The molecule has 1 atom stereocenters.